The van der Waals surface area contributed by atoms with Crippen LogP contribution < -0.4 is 14.2 Å². The van der Waals surface area contributed by atoms with E-state index in [1.165, 1.54) is 7.11 Å². The maximum Gasteiger partial charge on any atom is 0.326 e. The van der Waals surface area contributed by atoms with Crippen molar-refractivity contribution < 1.29 is 22.7 Å². The minimum absolute atomic E-state index is 0.136. The summed E-state index contributed by atoms with van der Waals surface area (Å²) in [6, 6.07) is 10.2. The Bertz CT molecular complexity index is 850. The molecule has 0 aliphatic carbocycles. The van der Waals surface area contributed by atoms with Gasteiger partial charge >= 0.3 is 5.97 Å². The van der Waals surface area contributed by atoms with Crippen molar-refractivity contribution in [2.45, 2.75) is 25.7 Å². The van der Waals surface area contributed by atoms with E-state index in [2.05, 4.69) is 4.72 Å². The molecule has 0 fully saturated rings. The van der Waals surface area contributed by atoms with Crippen LogP contribution in [0.25, 0.3) is 0 Å². The van der Waals surface area contributed by atoms with Gasteiger partial charge in [0, 0.05) is 0 Å². The van der Waals surface area contributed by atoms with Crippen LogP contribution in [-0.4, -0.2) is 28.0 Å². The smallest absolute Gasteiger partial charge is 0.326 e. The number of methoxy groups -OCH3 is 1. The third-order valence-corrected chi connectivity index (χ3v) is 5.30. The molecule has 2 aromatic carbocycles. The molecular weight excluding hydrogens is 342 g/mol. The van der Waals surface area contributed by atoms with E-state index >= 15 is 0 Å². The minimum atomic E-state index is -3.85. The number of benzene rings is 2. The molecule has 25 heavy (non-hydrogen) atoms. The fourth-order valence-corrected chi connectivity index (χ4v) is 3.87. The Balaban J connectivity index is 2.09. The summed E-state index contributed by atoms with van der Waals surface area (Å²) >= 11 is 0. The van der Waals surface area contributed by atoms with E-state index in [9.17, 15) is 13.2 Å². The lowest BCUT2D eigenvalue weighted by Crippen LogP contribution is -2.32. The Morgan fingerprint density at radius 1 is 1.00 bits per heavy atom. The topological polar surface area (TPSA) is 81.7 Å². The van der Waals surface area contributed by atoms with Gasteiger partial charge in [0.05, 0.1) is 12.0 Å². The number of esters is 1. The highest BCUT2D eigenvalue weighted by Crippen LogP contribution is 2.25. The maximum absolute atomic E-state index is 12.5. The molecule has 0 saturated heterocycles. The molecule has 1 N–H and O–H groups in total. The lowest BCUT2D eigenvalue weighted by Gasteiger charge is -2.13. The van der Waals surface area contributed by atoms with Gasteiger partial charge < -0.3 is 9.47 Å². The molecule has 0 aliphatic heterocycles. The zero-order valence-corrected chi connectivity index (χ0v) is 15.4. The Morgan fingerprint density at radius 2 is 1.56 bits per heavy atom. The Labute approximate surface area is 147 Å². The van der Waals surface area contributed by atoms with Crippen molar-refractivity contribution in [3.05, 3.63) is 53.1 Å². The molecule has 0 aromatic heterocycles. The summed E-state index contributed by atoms with van der Waals surface area (Å²) in [5, 5.41) is 0. The highest BCUT2D eigenvalue weighted by molar-refractivity contribution is 7.89. The SMILES string of the molecule is COc1cc(C)c(S(=O)(=O)NCC(=O)Oc2ccc(C)cc2)c(C)c1. The number of sulfonamides is 1. The van der Waals surface area contributed by atoms with E-state index in [1.54, 1.807) is 50.2 Å². The van der Waals surface area contributed by atoms with Crippen LogP contribution in [0.3, 0.4) is 0 Å². The first-order valence-electron chi connectivity index (χ1n) is 7.65. The van der Waals surface area contributed by atoms with Crippen molar-refractivity contribution in [2.75, 3.05) is 13.7 Å². The quantitative estimate of drug-likeness (QED) is 0.630. The van der Waals surface area contributed by atoms with Gasteiger partial charge in [0.1, 0.15) is 18.0 Å². The molecule has 0 radical (unpaired) electrons. The fourth-order valence-electron chi connectivity index (χ4n) is 2.45. The maximum atomic E-state index is 12.5. The highest BCUT2D eigenvalue weighted by atomic mass is 32.2. The van der Waals surface area contributed by atoms with E-state index in [1.807, 2.05) is 6.92 Å². The third-order valence-electron chi connectivity index (χ3n) is 3.60. The van der Waals surface area contributed by atoms with Crippen molar-refractivity contribution in [1.29, 1.82) is 0 Å². The average Bonchev–Trinajstić information content (AvgIpc) is 2.54. The second-order valence-corrected chi connectivity index (χ2v) is 7.41. The molecule has 7 heteroatoms. The van der Waals surface area contributed by atoms with Crippen molar-refractivity contribution in [3.63, 3.8) is 0 Å². The molecule has 2 rings (SSSR count). The van der Waals surface area contributed by atoms with Crippen LogP contribution in [0.4, 0.5) is 0 Å². The van der Waals surface area contributed by atoms with Gasteiger partial charge in [-0.25, -0.2) is 8.42 Å². The monoisotopic (exact) mass is 363 g/mol. The van der Waals surface area contributed by atoms with Crippen molar-refractivity contribution in [2.24, 2.45) is 0 Å². The molecule has 6 nitrogen and oxygen atoms in total. The lowest BCUT2D eigenvalue weighted by atomic mass is 10.1. The molecular formula is C18H21NO5S. The van der Waals surface area contributed by atoms with Gasteiger partial charge in [-0.15, -0.1) is 0 Å². The molecule has 0 bridgehead atoms. The van der Waals surface area contributed by atoms with Crippen LogP contribution in [0, 0.1) is 20.8 Å². The number of aryl methyl sites for hydroxylation is 3. The van der Waals surface area contributed by atoms with E-state index in [0.29, 0.717) is 22.6 Å². The molecule has 0 spiro atoms. The van der Waals surface area contributed by atoms with E-state index in [0.717, 1.165) is 5.56 Å². The summed E-state index contributed by atoms with van der Waals surface area (Å²) in [7, 11) is -2.33. The highest BCUT2D eigenvalue weighted by Gasteiger charge is 2.21. The largest absolute Gasteiger partial charge is 0.497 e. The van der Waals surface area contributed by atoms with Crippen LogP contribution in [0.15, 0.2) is 41.3 Å². The summed E-state index contributed by atoms with van der Waals surface area (Å²) in [4.78, 5) is 12.0. The number of rotatable bonds is 6. The van der Waals surface area contributed by atoms with Gasteiger partial charge in [-0.3, -0.25) is 4.79 Å². The summed E-state index contributed by atoms with van der Waals surface area (Å²) in [5.41, 5.74) is 2.11. The van der Waals surface area contributed by atoms with Crippen LogP contribution in [0.5, 0.6) is 11.5 Å². The first-order chi connectivity index (χ1) is 11.7. The third kappa shape index (κ3) is 4.80. The van der Waals surface area contributed by atoms with E-state index < -0.39 is 22.5 Å². The standard InChI is InChI=1S/C18H21NO5S/c1-12-5-7-15(8-6-12)24-17(20)11-19-25(21,22)18-13(2)9-16(23-4)10-14(18)3/h5-10,19H,11H2,1-4H3. The van der Waals surface area contributed by atoms with Crippen molar-refractivity contribution in [1.82, 2.24) is 4.72 Å². The van der Waals surface area contributed by atoms with Gasteiger partial charge in [0.15, 0.2) is 0 Å². The number of carbonyl (C=O) groups excluding carboxylic acids is 1. The van der Waals surface area contributed by atoms with Crippen LogP contribution in [0.2, 0.25) is 0 Å². The molecule has 0 saturated carbocycles. The van der Waals surface area contributed by atoms with Gasteiger partial charge in [0.2, 0.25) is 10.0 Å². The summed E-state index contributed by atoms with van der Waals surface area (Å²) < 4.78 is 37.6. The molecule has 0 atom stereocenters. The van der Waals surface area contributed by atoms with Gasteiger partial charge in [0.25, 0.3) is 0 Å². The molecule has 0 unspecified atom stereocenters. The van der Waals surface area contributed by atoms with Crippen LogP contribution in [0.1, 0.15) is 16.7 Å². The predicted octanol–water partition coefficient (Wildman–Crippen LogP) is 2.50. The van der Waals surface area contributed by atoms with Crippen LogP contribution in [-0.2, 0) is 14.8 Å². The van der Waals surface area contributed by atoms with Gasteiger partial charge in [-0.05, 0) is 56.2 Å². The Hall–Kier alpha value is -2.38. The molecule has 134 valence electrons. The molecule has 0 amide bonds. The second-order valence-electron chi connectivity index (χ2n) is 5.70. The first-order valence-corrected chi connectivity index (χ1v) is 9.13. The summed E-state index contributed by atoms with van der Waals surface area (Å²) in [6.07, 6.45) is 0. The van der Waals surface area contributed by atoms with Gasteiger partial charge in [-0.1, -0.05) is 17.7 Å². The number of ether oxygens (including phenoxy) is 2. The predicted molar refractivity (Wildman–Crippen MR) is 94.5 cm³/mol. The van der Waals surface area contributed by atoms with Crippen molar-refractivity contribution >= 4 is 16.0 Å². The number of carbonyl (C=O) groups is 1. The van der Waals surface area contributed by atoms with Crippen molar-refractivity contribution in [3.8, 4) is 11.5 Å². The molecule has 0 heterocycles. The molecule has 2 aromatic rings. The van der Waals surface area contributed by atoms with Gasteiger partial charge in [-0.2, -0.15) is 4.72 Å². The first kappa shape index (κ1) is 19.0. The minimum Gasteiger partial charge on any atom is -0.497 e. The number of hydrogen-bond acceptors (Lipinski definition) is 5. The zero-order chi connectivity index (χ0) is 18.6. The number of nitrogens with one attached hydrogen (secondary N) is 1. The van der Waals surface area contributed by atoms with E-state index in [-0.39, 0.29) is 4.90 Å². The lowest BCUT2D eigenvalue weighted by molar-refractivity contribution is -0.133. The average molecular weight is 363 g/mol. The Morgan fingerprint density at radius 3 is 2.08 bits per heavy atom. The van der Waals surface area contributed by atoms with Crippen LogP contribution >= 0.6 is 0 Å². The number of hydrogen-bond donors (Lipinski definition) is 1. The fraction of sp³-hybridized carbons (Fsp3) is 0.278. The normalized spacial score (nSPS) is 11.2. The zero-order valence-electron chi connectivity index (χ0n) is 14.6. The summed E-state index contributed by atoms with van der Waals surface area (Å²) in [5.74, 6) is 0.260. The van der Waals surface area contributed by atoms with E-state index in [4.69, 9.17) is 9.47 Å². The second kappa shape index (κ2) is 7.67. The molecule has 0 aliphatic rings. The summed E-state index contributed by atoms with van der Waals surface area (Å²) in [6.45, 7) is 4.81. The Kier molecular flexibility index (Phi) is 5.81.